The Labute approximate surface area is 158 Å². The summed E-state index contributed by atoms with van der Waals surface area (Å²) >= 11 is 0. The molecule has 2 saturated heterocycles. The minimum Gasteiger partial charge on any atom is -0.485 e. The van der Waals surface area contributed by atoms with Crippen LogP contribution in [-0.2, 0) is 0 Å². The van der Waals surface area contributed by atoms with Crippen LogP contribution in [0.5, 0.6) is 5.75 Å². The summed E-state index contributed by atoms with van der Waals surface area (Å²) in [7, 11) is 0. The number of carbonyl (C=O) groups is 1. The van der Waals surface area contributed by atoms with Gasteiger partial charge in [0.15, 0.2) is 11.6 Å². The lowest BCUT2D eigenvalue weighted by Gasteiger charge is -2.22. The van der Waals surface area contributed by atoms with Gasteiger partial charge in [-0.3, -0.25) is 4.79 Å². The molecule has 2 aliphatic heterocycles. The summed E-state index contributed by atoms with van der Waals surface area (Å²) in [5.74, 6) is 1.56. The van der Waals surface area contributed by atoms with E-state index in [2.05, 4.69) is 14.9 Å². The van der Waals surface area contributed by atoms with Gasteiger partial charge in [0, 0.05) is 38.4 Å². The standard InChI is InChI=1S/C20H21N5O2/c21-12-15-5-6-17(23-13-15)20(26)25-11-7-16(14-25)27-18-4-3-8-22-19(18)24-9-1-2-10-24/h3-6,8,13,16H,1-2,7,9-11,14H2/t16-/m0/s1. The van der Waals surface area contributed by atoms with Crippen molar-refractivity contribution in [2.45, 2.75) is 25.4 Å². The molecule has 0 spiro atoms. The predicted molar refractivity (Wildman–Crippen MR) is 99.6 cm³/mol. The minimum atomic E-state index is -0.128. The number of nitrogens with zero attached hydrogens (tertiary/aromatic N) is 5. The minimum absolute atomic E-state index is 0.0575. The average molecular weight is 363 g/mol. The average Bonchev–Trinajstić information content (AvgIpc) is 3.40. The summed E-state index contributed by atoms with van der Waals surface area (Å²) in [4.78, 5) is 25.2. The highest BCUT2D eigenvalue weighted by atomic mass is 16.5. The van der Waals surface area contributed by atoms with Crippen molar-refractivity contribution < 1.29 is 9.53 Å². The van der Waals surface area contributed by atoms with Crippen LogP contribution in [-0.4, -0.2) is 53.1 Å². The number of carbonyl (C=O) groups excluding carboxylic acids is 1. The fourth-order valence-corrected chi connectivity index (χ4v) is 3.58. The summed E-state index contributed by atoms with van der Waals surface area (Å²) in [6.07, 6.45) is 6.30. The first-order valence-corrected chi connectivity index (χ1v) is 9.26. The highest BCUT2D eigenvalue weighted by molar-refractivity contribution is 5.92. The first kappa shape index (κ1) is 17.3. The molecule has 2 aromatic rings. The van der Waals surface area contributed by atoms with Crippen molar-refractivity contribution in [3.8, 4) is 11.8 Å². The second-order valence-corrected chi connectivity index (χ2v) is 6.84. The van der Waals surface area contributed by atoms with Crippen LogP contribution < -0.4 is 9.64 Å². The Morgan fingerprint density at radius 2 is 2.04 bits per heavy atom. The molecule has 0 unspecified atom stereocenters. The molecule has 7 heteroatoms. The molecule has 0 aromatic carbocycles. The Bertz CT molecular complexity index is 855. The highest BCUT2D eigenvalue weighted by Gasteiger charge is 2.30. The molecule has 0 saturated carbocycles. The van der Waals surface area contributed by atoms with E-state index in [0.29, 0.717) is 24.3 Å². The Kier molecular flexibility index (Phi) is 4.88. The zero-order valence-electron chi connectivity index (χ0n) is 15.0. The van der Waals surface area contributed by atoms with Gasteiger partial charge in [0.05, 0.1) is 12.1 Å². The molecule has 0 radical (unpaired) electrons. The van der Waals surface area contributed by atoms with E-state index in [1.165, 1.54) is 19.0 Å². The molecule has 0 N–H and O–H groups in total. The van der Waals surface area contributed by atoms with Gasteiger partial charge in [-0.05, 0) is 37.1 Å². The number of pyridine rings is 2. The number of hydrogen-bond donors (Lipinski definition) is 0. The molecule has 0 bridgehead atoms. The molecular formula is C20H21N5O2. The zero-order chi connectivity index (χ0) is 18.6. The summed E-state index contributed by atoms with van der Waals surface area (Å²) in [5.41, 5.74) is 0.800. The van der Waals surface area contributed by atoms with Crippen molar-refractivity contribution in [2.24, 2.45) is 0 Å². The Morgan fingerprint density at radius 3 is 2.78 bits per heavy atom. The van der Waals surface area contributed by atoms with Gasteiger partial charge in [-0.25, -0.2) is 9.97 Å². The SMILES string of the molecule is N#Cc1ccc(C(=O)N2CC[C@H](Oc3cccnc3N3CCCC3)C2)nc1. The Morgan fingerprint density at radius 1 is 1.19 bits per heavy atom. The molecule has 2 aliphatic rings. The number of amides is 1. The lowest BCUT2D eigenvalue weighted by Crippen LogP contribution is -2.31. The maximum atomic E-state index is 12.6. The molecule has 7 nitrogen and oxygen atoms in total. The van der Waals surface area contributed by atoms with E-state index in [0.717, 1.165) is 31.1 Å². The second-order valence-electron chi connectivity index (χ2n) is 6.84. The first-order chi connectivity index (χ1) is 13.2. The highest BCUT2D eigenvalue weighted by Crippen LogP contribution is 2.30. The molecule has 2 aromatic heterocycles. The number of rotatable bonds is 4. The Balaban J connectivity index is 1.41. The van der Waals surface area contributed by atoms with E-state index in [1.807, 2.05) is 18.2 Å². The number of hydrogen-bond acceptors (Lipinski definition) is 6. The predicted octanol–water partition coefficient (Wildman–Crippen LogP) is 2.24. The molecule has 4 rings (SSSR count). The van der Waals surface area contributed by atoms with Crippen molar-refractivity contribution in [1.82, 2.24) is 14.9 Å². The van der Waals surface area contributed by atoms with Gasteiger partial charge in [0.2, 0.25) is 0 Å². The van der Waals surface area contributed by atoms with Gasteiger partial charge in [-0.2, -0.15) is 5.26 Å². The van der Waals surface area contributed by atoms with Crippen molar-refractivity contribution in [1.29, 1.82) is 5.26 Å². The fraction of sp³-hybridized carbons (Fsp3) is 0.400. The fourth-order valence-electron chi connectivity index (χ4n) is 3.58. The molecule has 2 fully saturated rings. The van der Waals surface area contributed by atoms with E-state index in [4.69, 9.17) is 10.00 Å². The van der Waals surface area contributed by atoms with Crippen molar-refractivity contribution >= 4 is 11.7 Å². The van der Waals surface area contributed by atoms with Crippen molar-refractivity contribution in [2.75, 3.05) is 31.1 Å². The van der Waals surface area contributed by atoms with Crippen LogP contribution in [0.1, 0.15) is 35.3 Å². The van der Waals surface area contributed by atoms with Crippen LogP contribution in [0.25, 0.3) is 0 Å². The largest absolute Gasteiger partial charge is 0.485 e. The van der Waals surface area contributed by atoms with Gasteiger partial charge in [0.25, 0.3) is 5.91 Å². The first-order valence-electron chi connectivity index (χ1n) is 9.26. The third-order valence-electron chi connectivity index (χ3n) is 4.99. The monoisotopic (exact) mass is 363 g/mol. The number of nitriles is 1. The summed E-state index contributed by atoms with van der Waals surface area (Å²) in [6, 6.07) is 9.05. The zero-order valence-corrected chi connectivity index (χ0v) is 15.0. The quantitative estimate of drug-likeness (QED) is 0.829. The smallest absolute Gasteiger partial charge is 0.272 e. The summed E-state index contributed by atoms with van der Waals surface area (Å²) in [6.45, 7) is 3.17. The van der Waals surface area contributed by atoms with Crippen molar-refractivity contribution in [3.63, 3.8) is 0 Å². The topological polar surface area (TPSA) is 82.3 Å². The van der Waals surface area contributed by atoms with Crippen LogP contribution in [0.3, 0.4) is 0 Å². The number of aromatic nitrogens is 2. The molecule has 4 heterocycles. The number of ether oxygens (including phenoxy) is 1. The molecule has 0 aliphatic carbocycles. The van der Waals surface area contributed by atoms with Gasteiger partial charge < -0.3 is 14.5 Å². The second kappa shape index (κ2) is 7.62. The number of likely N-dealkylation sites (tertiary alicyclic amines) is 1. The van der Waals surface area contributed by atoms with Crippen LogP contribution in [0.15, 0.2) is 36.7 Å². The lowest BCUT2D eigenvalue weighted by molar-refractivity contribution is 0.0766. The Hall–Kier alpha value is -3.14. The van der Waals surface area contributed by atoms with Crippen LogP contribution in [0, 0.1) is 11.3 Å². The molecular weight excluding hydrogens is 342 g/mol. The third kappa shape index (κ3) is 3.70. The van der Waals surface area contributed by atoms with E-state index in [-0.39, 0.29) is 12.0 Å². The third-order valence-corrected chi connectivity index (χ3v) is 4.99. The maximum Gasteiger partial charge on any atom is 0.272 e. The van der Waals surface area contributed by atoms with Gasteiger partial charge in [-0.15, -0.1) is 0 Å². The van der Waals surface area contributed by atoms with Gasteiger partial charge in [0.1, 0.15) is 17.9 Å². The van der Waals surface area contributed by atoms with E-state index in [1.54, 1.807) is 23.2 Å². The molecule has 138 valence electrons. The van der Waals surface area contributed by atoms with Gasteiger partial charge in [-0.1, -0.05) is 0 Å². The maximum absolute atomic E-state index is 12.6. The van der Waals surface area contributed by atoms with Crippen LogP contribution >= 0.6 is 0 Å². The van der Waals surface area contributed by atoms with E-state index < -0.39 is 0 Å². The van der Waals surface area contributed by atoms with Crippen LogP contribution in [0.4, 0.5) is 5.82 Å². The molecule has 1 amide bonds. The van der Waals surface area contributed by atoms with Crippen LogP contribution in [0.2, 0.25) is 0 Å². The summed E-state index contributed by atoms with van der Waals surface area (Å²) < 4.78 is 6.21. The normalized spacial score (nSPS) is 19.1. The van der Waals surface area contributed by atoms with Crippen molar-refractivity contribution in [3.05, 3.63) is 47.9 Å². The lowest BCUT2D eigenvalue weighted by atomic mass is 10.2. The molecule has 27 heavy (non-hydrogen) atoms. The van der Waals surface area contributed by atoms with E-state index >= 15 is 0 Å². The number of anilines is 1. The van der Waals surface area contributed by atoms with E-state index in [9.17, 15) is 4.79 Å². The van der Waals surface area contributed by atoms with Gasteiger partial charge >= 0.3 is 0 Å². The summed E-state index contributed by atoms with van der Waals surface area (Å²) in [5, 5.41) is 8.84. The molecule has 1 atom stereocenters.